The monoisotopic (exact) mass is 206 g/mol. The molecule has 13 heavy (non-hydrogen) atoms. The van der Waals surface area contributed by atoms with Crippen molar-refractivity contribution in [3.05, 3.63) is 0 Å². The topological polar surface area (TPSA) is 63.3 Å². The lowest BCUT2D eigenvalue weighted by atomic mass is 10.1. The molecule has 0 aliphatic carbocycles. The van der Waals surface area contributed by atoms with Crippen LogP contribution in [0.5, 0.6) is 0 Å². The second-order valence-corrected chi connectivity index (χ2v) is 4.72. The maximum Gasteiger partial charge on any atom is 0.508 e. The number of unbranched alkanes of at least 4 members (excludes halogenated alkanes) is 2. The molecule has 0 amide bonds. The van der Waals surface area contributed by atoms with E-state index in [1.165, 1.54) is 0 Å². The van der Waals surface area contributed by atoms with Crippen LogP contribution in [0.15, 0.2) is 0 Å². The fourth-order valence-corrected chi connectivity index (χ4v) is 2.16. The standard InChI is InChI=1S/C9H20NO2P/c1-2-3-4-6-9(13(11)12)7-5-8-10/h9H,2-8,10H2,1H3/p+1. The molecule has 0 aromatic rings. The molecule has 0 aromatic heterocycles. The quantitative estimate of drug-likeness (QED) is 0.473. The fourth-order valence-electron chi connectivity index (χ4n) is 1.35. The van der Waals surface area contributed by atoms with Crippen LogP contribution in [0.4, 0.5) is 0 Å². The second-order valence-electron chi connectivity index (χ2n) is 3.38. The van der Waals surface area contributed by atoms with Gasteiger partial charge in [0, 0.05) is 0 Å². The fraction of sp³-hybridized carbons (Fsp3) is 1.00. The van der Waals surface area contributed by atoms with E-state index in [4.69, 9.17) is 10.6 Å². The van der Waals surface area contributed by atoms with E-state index in [-0.39, 0.29) is 5.66 Å². The number of hydrogen-bond acceptors (Lipinski definition) is 2. The molecule has 78 valence electrons. The number of hydrogen-bond donors (Lipinski definition) is 2. The lowest BCUT2D eigenvalue weighted by molar-refractivity contribution is 0.469. The highest BCUT2D eigenvalue weighted by atomic mass is 31.1. The van der Waals surface area contributed by atoms with Crippen LogP contribution in [0.3, 0.4) is 0 Å². The summed E-state index contributed by atoms with van der Waals surface area (Å²) in [6, 6.07) is 0. The highest BCUT2D eigenvalue weighted by Crippen LogP contribution is 2.30. The Balaban J connectivity index is 3.61. The van der Waals surface area contributed by atoms with E-state index < -0.39 is 8.03 Å². The average Bonchev–Trinajstić information content (AvgIpc) is 2.10. The summed E-state index contributed by atoms with van der Waals surface area (Å²) in [7, 11) is -2.00. The summed E-state index contributed by atoms with van der Waals surface area (Å²) >= 11 is 0. The first kappa shape index (κ1) is 13.0. The van der Waals surface area contributed by atoms with Crippen molar-refractivity contribution >= 4 is 8.03 Å². The molecular formula is C9H21NO2P+. The van der Waals surface area contributed by atoms with Crippen molar-refractivity contribution in [2.45, 2.75) is 51.1 Å². The lowest BCUT2D eigenvalue weighted by Gasteiger charge is -2.02. The van der Waals surface area contributed by atoms with Gasteiger partial charge in [0.1, 0.15) is 0 Å². The SMILES string of the molecule is CCCCCC(CCCN)[P+](=O)O. The van der Waals surface area contributed by atoms with Gasteiger partial charge >= 0.3 is 8.03 Å². The van der Waals surface area contributed by atoms with Gasteiger partial charge in [-0.25, -0.2) is 0 Å². The molecule has 0 radical (unpaired) electrons. The van der Waals surface area contributed by atoms with E-state index in [2.05, 4.69) is 6.92 Å². The molecule has 4 heteroatoms. The summed E-state index contributed by atoms with van der Waals surface area (Å²) in [6.45, 7) is 2.75. The minimum Gasteiger partial charge on any atom is -0.330 e. The van der Waals surface area contributed by atoms with Gasteiger partial charge in [0.25, 0.3) is 0 Å². The molecule has 2 unspecified atom stereocenters. The van der Waals surface area contributed by atoms with Crippen molar-refractivity contribution in [3.63, 3.8) is 0 Å². The van der Waals surface area contributed by atoms with Crippen LogP contribution < -0.4 is 5.73 Å². The number of rotatable bonds is 8. The van der Waals surface area contributed by atoms with Gasteiger partial charge in [0.05, 0.1) is 0 Å². The Hall–Kier alpha value is 0.0200. The molecule has 0 bridgehead atoms. The zero-order valence-electron chi connectivity index (χ0n) is 8.41. The molecule has 0 aromatic carbocycles. The first-order valence-electron chi connectivity index (χ1n) is 5.07. The Morgan fingerprint density at radius 1 is 1.31 bits per heavy atom. The van der Waals surface area contributed by atoms with Crippen molar-refractivity contribution in [3.8, 4) is 0 Å². The summed E-state index contributed by atoms with van der Waals surface area (Å²) in [4.78, 5) is 9.01. The van der Waals surface area contributed by atoms with Crippen LogP contribution in [0.25, 0.3) is 0 Å². The Bertz CT molecular complexity index is 142. The molecule has 0 rings (SSSR count). The van der Waals surface area contributed by atoms with Gasteiger partial charge in [0.2, 0.25) is 0 Å². The second kappa shape index (κ2) is 8.61. The predicted molar refractivity (Wildman–Crippen MR) is 56.0 cm³/mol. The van der Waals surface area contributed by atoms with E-state index in [9.17, 15) is 4.57 Å². The van der Waals surface area contributed by atoms with Crippen LogP contribution in [0.1, 0.15) is 45.4 Å². The van der Waals surface area contributed by atoms with Crippen molar-refractivity contribution in [2.24, 2.45) is 5.73 Å². The molecule has 0 heterocycles. The van der Waals surface area contributed by atoms with Gasteiger partial charge < -0.3 is 5.73 Å². The molecule has 3 nitrogen and oxygen atoms in total. The van der Waals surface area contributed by atoms with Crippen LogP contribution in [-0.2, 0) is 4.57 Å². The third kappa shape index (κ3) is 7.12. The van der Waals surface area contributed by atoms with Crippen LogP contribution in [0.2, 0.25) is 0 Å². The molecule has 2 atom stereocenters. The molecule has 0 aliphatic heterocycles. The normalized spacial score (nSPS) is 14.2. The lowest BCUT2D eigenvalue weighted by Crippen LogP contribution is -2.07. The van der Waals surface area contributed by atoms with E-state index in [0.29, 0.717) is 6.54 Å². The minimum atomic E-state index is -2.00. The van der Waals surface area contributed by atoms with Gasteiger partial charge in [-0.05, 0) is 36.8 Å². The Labute approximate surface area is 81.6 Å². The molecule has 0 saturated carbocycles. The van der Waals surface area contributed by atoms with Gasteiger partial charge in [-0.15, -0.1) is 0 Å². The first-order valence-corrected chi connectivity index (χ1v) is 6.35. The van der Waals surface area contributed by atoms with E-state index in [1.807, 2.05) is 0 Å². The predicted octanol–water partition coefficient (Wildman–Crippen LogP) is 2.41. The molecule has 3 N–H and O–H groups in total. The van der Waals surface area contributed by atoms with E-state index in [0.717, 1.165) is 38.5 Å². The molecule has 0 saturated heterocycles. The maximum atomic E-state index is 10.9. The molecule has 0 fully saturated rings. The van der Waals surface area contributed by atoms with Crippen molar-refractivity contribution in [2.75, 3.05) is 6.54 Å². The molecular weight excluding hydrogens is 185 g/mol. The molecule has 0 aliphatic rings. The third-order valence-electron chi connectivity index (χ3n) is 2.19. The van der Waals surface area contributed by atoms with Gasteiger partial charge in [-0.3, -0.25) is 0 Å². The van der Waals surface area contributed by atoms with Crippen LogP contribution >= 0.6 is 8.03 Å². The summed E-state index contributed by atoms with van der Waals surface area (Å²) < 4.78 is 10.9. The highest BCUT2D eigenvalue weighted by Gasteiger charge is 2.27. The smallest absolute Gasteiger partial charge is 0.330 e. The Morgan fingerprint density at radius 3 is 2.38 bits per heavy atom. The largest absolute Gasteiger partial charge is 0.508 e. The number of nitrogens with two attached hydrogens (primary N) is 1. The van der Waals surface area contributed by atoms with Crippen LogP contribution in [-0.4, -0.2) is 17.1 Å². The Kier molecular flexibility index (Phi) is 8.62. The van der Waals surface area contributed by atoms with Crippen molar-refractivity contribution in [1.29, 1.82) is 0 Å². The average molecular weight is 206 g/mol. The maximum absolute atomic E-state index is 10.9. The Morgan fingerprint density at radius 2 is 1.92 bits per heavy atom. The van der Waals surface area contributed by atoms with Crippen LogP contribution in [0, 0.1) is 0 Å². The van der Waals surface area contributed by atoms with Gasteiger partial charge in [-0.2, -0.15) is 4.89 Å². The van der Waals surface area contributed by atoms with Crippen molar-refractivity contribution < 1.29 is 9.46 Å². The first-order chi connectivity index (χ1) is 6.22. The molecule has 0 spiro atoms. The third-order valence-corrected chi connectivity index (χ3v) is 3.34. The summed E-state index contributed by atoms with van der Waals surface area (Å²) in [5, 5.41) is 0. The van der Waals surface area contributed by atoms with E-state index in [1.54, 1.807) is 0 Å². The summed E-state index contributed by atoms with van der Waals surface area (Å²) in [6.07, 6.45) is 5.91. The highest BCUT2D eigenvalue weighted by molar-refractivity contribution is 7.38. The summed E-state index contributed by atoms with van der Waals surface area (Å²) in [5.41, 5.74) is 5.33. The van der Waals surface area contributed by atoms with Crippen molar-refractivity contribution in [1.82, 2.24) is 0 Å². The van der Waals surface area contributed by atoms with E-state index >= 15 is 0 Å². The van der Waals surface area contributed by atoms with Gasteiger partial charge in [-0.1, -0.05) is 19.8 Å². The zero-order valence-corrected chi connectivity index (χ0v) is 9.30. The zero-order chi connectivity index (χ0) is 10.1. The minimum absolute atomic E-state index is 0.0231. The summed E-state index contributed by atoms with van der Waals surface area (Å²) in [5.74, 6) is 0. The van der Waals surface area contributed by atoms with Gasteiger partial charge in [0.15, 0.2) is 5.66 Å².